The molecule has 2 aliphatic rings. The van der Waals surface area contributed by atoms with Gasteiger partial charge in [0.25, 0.3) is 0 Å². The highest BCUT2D eigenvalue weighted by atomic mass is 16.5. The molecule has 0 saturated carbocycles. The number of hydrogen-bond acceptors (Lipinski definition) is 6. The van der Waals surface area contributed by atoms with Crippen molar-refractivity contribution in [2.75, 3.05) is 59.0 Å². The number of rotatable bonds is 4. The van der Waals surface area contributed by atoms with Gasteiger partial charge in [-0.05, 0) is 12.1 Å². The highest BCUT2D eigenvalue weighted by Gasteiger charge is 2.24. The first-order chi connectivity index (χ1) is 13.7. The van der Waals surface area contributed by atoms with Gasteiger partial charge in [-0.2, -0.15) is 0 Å². The standard InChI is InChI=1S/C20H24N4O4/c25-19(6-5-18-21-16-3-1-2-4-17(16)28-18)23-9-7-22(8-10-23)15-20(26)24-11-13-27-14-12-24/h1-6H,7-15H2. The average molecular weight is 384 g/mol. The molecule has 0 atom stereocenters. The Kier molecular flexibility index (Phi) is 5.68. The van der Waals surface area contributed by atoms with Crippen LogP contribution in [-0.4, -0.2) is 90.5 Å². The fourth-order valence-electron chi connectivity index (χ4n) is 3.44. The second-order valence-electron chi connectivity index (χ2n) is 6.95. The number of nitrogens with zero attached hydrogens (tertiary/aromatic N) is 4. The minimum absolute atomic E-state index is 0.0681. The zero-order valence-electron chi connectivity index (χ0n) is 15.7. The molecule has 0 bridgehead atoms. The average Bonchev–Trinajstić information content (AvgIpc) is 3.16. The van der Waals surface area contributed by atoms with E-state index in [2.05, 4.69) is 9.88 Å². The van der Waals surface area contributed by atoms with Gasteiger partial charge >= 0.3 is 0 Å². The van der Waals surface area contributed by atoms with Crippen molar-refractivity contribution in [1.82, 2.24) is 19.7 Å². The van der Waals surface area contributed by atoms with Crippen molar-refractivity contribution in [3.63, 3.8) is 0 Å². The lowest BCUT2D eigenvalue weighted by Gasteiger charge is -2.35. The number of ether oxygens (including phenoxy) is 1. The maximum atomic E-state index is 12.4. The number of morpholine rings is 1. The van der Waals surface area contributed by atoms with Crippen LogP contribution in [0.15, 0.2) is 34.8 Å². The fraction of sp³-hybridized carbons (Fsp3) is 0.450. The van der Waals surface area contributed by atoms with E-state index in [1.54, 1.807) is 11.0 Å². The van der Waals surface area contributed by atoms with E-state index < -0.39 is 0 Å². The third kappa shape index (κ3) is 4.40. The van der Waals surface area contributed by atoms with E-state index in [0.29, 0.717) is 70.5 Å². The summed E-state index contributed by atoms with van der Waals surface area (Å²) >= 11 is 0. The van der Waals surface area contributed by atoms with Crippen molar-refractivity contribution in [1.29, 1.82) is 0 Å². The minimum atomic E-state index is -0.0681. The van der Waals surface area contributed by atoms with Crippen LogP contribution in [0.1, 0.15) is 5.89 Å². The van der Waals surface area contributed by atoms with Gasteiger partial charge < -0.3 is 19.0 Å². The number of fused-ring (bicyclic) bond motifs is 1. The highest BCUT2D eigenvalue weighted by Crippen LogP contribution is 2.15. The number of oxazole rings is 1. The van der Waals surface area contributed by atoms with Gasteiger partial charge in [0.15, 0.2) is 5.58 Å². The summed E-state index contributed by atoms with van der Waals surface area (Å²) in [5.74, 6) is 0.490. The van der Waals surface area contributed by atoms with Gasteiger partial charge in [-0.15, -0.1) is 0 Å². The van der Waals surface area contributed by atoms with Crippen molar-refractivity contribution >= 4 is 29.0 Å². The monoisotopic (exact) mass is 384 g/mol. The van der Waals surface area contributed by atoms with Crippen molar-refractivity contribution in [2.24, 2.45) is 0 Å². The van der Waals surface area contributed by atoms with Crippen LogP contribution in [0.3, 0.4) is 0 Å². The van der Waals surface area contributed by atoms with Crippen LogP contribution in [-0.2, 0) is 14.3 Å². The lowest BCUT2D eigenvalue weighted by molar-refractivity contribution is -0.137. The molecular weight excluding hydrogens is 360 g/mol. The molecule has 0 unspecified atom stereocenters. The lowest BCUT2D eigenvalue weighted by atomic mass is 10.3. The van der Waals surface area contributed by atoms with E-state index in [-0.39, 0.29) is 11.8 Å². The Labute approximate surface area is 163 Å². The van der Waals surface area contributed by atoms with E-state index in [0.717, 1.165) is 5.52 Å². The second-order valence-corrected chi connectivity index (χ2v) is 6.95. The number of aromatic nitrogens is 1. The van der Waals surface area contributed by atoms with Crippen molar-refractivity contribution in [3.05, 3.63) is 36.2 Å². The predicted octanol–water partition coefficient (Wildman–Crippen LogP) is 0.844. The number of carbonyl (C=O) groups excluding carboxylic acids is 2. The Balaban J connectivity index is 1.26. The molecule has 2 aliphatic heterocycles. The molecular formula is C20H24N4O4. The molecule has 0 radical (unpaired) electrons. The van der Waals surface area contributed by atoms with Crippen molar-refractivity contribution < 1.29 is 18.7 Å². The maximum absolute atomic E-state index is 12.4. The van der Waals surface area contributed by atoms with Gasteiger partial charge in [-0.1, -0.05) is 12.1 Å². The number of piperazine rings is 1. The number of carbonyl (C=O) groups is 2. The predicted molar refractivity (Wildman–Crippen MR) is 103 cm³/mol. The van der Waals surface area contributed by atoms with Crippen LogP contribution < -0.4 is 0 Å². The molecule has 148 valence electrons. The molecule has 8 heteroatoms. The fourth-order valence-corrected chi connectivity index (χ4v) is 3.44. The van der Waals surface area contributed by atoms with Crippen LogP contribution in [0.5, 0.6) is 0 Å². The molecule has 28 heavy (non-hydrogen) atoms. The lowest BCUT2D eigenvalue weighted by Crippen LogP contribution is -2.52. The summed E-state index contributed by atoms with van der Waals surface area (Å²) in [6, 6.07) is 7.50. The Bertz CT molecular complexity index is 831. The Morgan fingerprint density at radius 3 is 2.50 bits per heavy atom. The summed E-state index contributed by atoms with van der Waals surface area (Å²) in [6.45, 7) is 5.55. The summed E-state index contributed by atoms with van der Waals surface area (Å²) in [5, 5.41) is 0. The number of para-hydroxylation sites is 2. The summed E-state index contributed by atoms with van der Waals surface area (Å²) in [6.07, 6.45) is 3.11. The number of amides is 2. The van der Waals surface area contributed by atoms with Crippen molar-refractivity contribution in [3.8, 4) is 0 Å². The first-order valence-corrected chi connectivity index (χ1v) is 9.59. The largest absolute Gasteiger partial charge is 0.437 e. The summed E-state index contributed by atoms with van der Waals surface area (Å²) in [5.41, 5.74) is 1.47. The molecule has 0 N–H and O–H groups in total. The molecule has 3 heterocycles. The van der Waals surface area contributed by atoms with E-state index >= 15 is 0 Å². The number of benzene rings is 1. The van der Waals surface area contributed by atoms with Gasteiger partial charge in [-0.3, -0.25) is 14.5 Å². The van der Waals surface area contributed by atoms with Gasteiger partial charge in [0.05, 0.1) is 19.8 Å². The Morgan fingerprint density at radius 2 is 1.75 bits per heavy atom. The third-order valence-electron chi connectivity index (χ3n) is 5.09. The van der Waals surface area contributed by atoms with Crippen LogP contribution in [0, 0.1) is 0 Å². The highest BCUT2D eigenvalue weighted by molar-refractivity contribution is 5.91. The zero-order valence-corrected chi connectivity index (χ0v) is 15.7. The van der Waals surface area contributed by atoms with Crippen LogP contribution >= 0.6 is 0 Å². The minimum Gasteiger partial charge on any atom is -0.437 e. The van der Waals surface area contributed by atoms with E-state index in [1.165, 1.54) is 6.08 Å². The van der Waals surface area contributed by atoms with Gasteiger partial charge in [0, 0.05) is 51.4 Å². The van der Waals surface area contributed by atoms with Gasteiger partial charge in [0.1, 0.15) is 5.52 Å². The molecule has 2 amide bonds. The molecule has 1 aromatic heterocycles. The summed E-state index contributed by atoms with van der Waals surface area (Å²) in [4.78, 5) is 34.8. The quantitative estimate of drug-likeness (QED) is 0.727. The van der Waals surface area contributed by atoms with Crippen LogP contribution in [0.2, 0.25) is 0 Å². The smallest absolute Gasteiger partial charge is 0.246 e. The number of hydrogen-bond donors (Lipinski definition) is 0. The van der Waals surface area contributed by atoms with Gasteiger partial charge in [0.2, 0.25) is 17.7 Å². The normalized spacial score (nSPS) is 18.9. The maximum Gasteiger partial charge on any atom is 0.246 e. The molecule has 0 spiro atoms. The first kappa shape index (κ1) is 18.6. The van der Waals surface area contributed by atoms with Crippen LogP contribution in [0.4, 0.5) is 0 Å². The van der Waals surface area contributed by atoms with E-state index in [1.807, 2.05) is 29.2 Å². The first-order valence-electron chi connectivity index (χ1n) is 9.59. The Morgan fingerprint density at radius 1 is 1.00 bits per heavy atom. The second kappa shape index (κ2) is 8.53. The van der Waals surface area contributed by atoms with Gasteiger partial charge in [-0.25, -0.2) is 4.98 Å². The van der Waals surface area contributed by atoms with E-state index in [9.17, 15) is 9.59 Å². The SMILES string of the molecule is O=C(C=Cc1nc2ccccc2o1)N1CCN(CC(=O)N2CCOCC2)CC1. The molecule has 1 aromatic carbocycles. The van der Waals surface area contributed by atoms with Crippen molar-refractivity contribution in [2.45, 2.75) is 0 Å². The summed E-state index contributed by atoms with van der Waals surface area (Å²) < 4.78 is 10.9. The van der Waals surface area contributed by atoms with E-state index in [4.69, 9.17) is 9.15 Å². The summed E-state index contributed by atoms with van der Waals surface area (Å²) in [7, 11) is 0. The molecule has 0 aliphatic carbocycles. The molecule has 4 rings (SSSR count). The molecule has 2 aromatic rings. The molecule has 2 saturated heterocycles. The zero-order chi connectivity index (χ0) is 19.3. The molecule has 2 fully saturated rings. The van der Waals surface area contributed by atoms with Crippen LogP contribution in [0.25, 0.3) is 17.2 Å². The third-order valence-corrected chi connectivity index (χ3v) is 5.09. The topological polar surface area (TPSA) is 79.1 Å². The molecule has 8 nitrogen and oxygen atoms in total. The Hall–Kier alpha value is -2.71.